The van der Waals surface area contributed by atoms with Crippen molar-refractivity contribution in [2.75, 3.05) is 0 Å². The first-order chi connectivity index (χ1) is 8.02. The third-order valence-corrected chi connectivity index (χ3v) is 2.36. The lowest BCUT2D eigenvalue weighted by Crippen LogP contribution is -1.91. The van der Waals surface area contributed by atoms with Gasteiger partial charge in [0, 0.05) is 5.57 Å². The summed E-state index contributed by atoms with van der Waals surface area (Å²) in [6.45, 7) is 8.58. The molecule has 3 heteroatoms. The maximum Gasteiger partial charge on any atom is 0.176 e. The van der Waals surface area contributed by atoms with Crippen LogP contribution in [0, 0.1) is 6.92 Å². The highest BCUT2D eigenvalue weighted by Gasteiger charge is 2.21. The van der Waals surface area contributed by atoms with Crippen molar-refractivity contribution in [2.45, 2.75) is 20.8 Å². The first-order valence-electron chi connectivity index (χ1n) is 5.32. The van der Waals surface area contributed by atoms with Crippen LogP contribution in [-0.4, -0.2) is 10.9 Å². The Morgan fingerprint density at radius 2 is 2.12 bits per heavy atom. The van der Waals surface area contributed by atoms with Crippen LogP contribution in [0.15, 0.2) is 35.3 Å². The highest BCUT2D eigenvalue weighted by molar-refractivity contribution is 5.99. The molecule has 0 saturated heterocycles. The molecule has 90 valence electrons. The molecule has 1 heterocycles. The molecule has 1 N–H and O–H groups in total. The molecular formula is C14H16O3. The minimum atomic E-state index is -0.218. The van der Waals surface area contributed by atoms with Crippen LogP contribution in [0.1, 0.15) is 35.7 Å². The molecule has 0 aromatic carbocycles. The van der Waals surface area contributed by atoms with E-state index in [0.29, 0.717) is 11.3 Å². The van der Waals surface area contributed by atoms with Gasteiger partial charge in [0.05, 0.1) is 0 Å². The van der Waals surface area contributed by atoms with Crippen molar-refractivity contribution >= 4 is 11.4 Å². The number of hydrogen-bond acceptors (Lipinski definition) is 3. The van der Waals surface area contributed by atoms with E-state index in [-0.39, 0.29) is 22.9 Å². The van der Waals surface area contributed by atoms with Gasteiger partial charge in [0.2, 0.25) is 0 Å². The molecule has 1 aromatic heterocycles. The fourth-order valence-corrected chi connectivity index (χ4v) is 1.58. The van der Waals surface area contributed by atoms with Gasteiger partial charge < -0.3 is 9.52 Å². The summed E-state index contributed by atoms with van der Waals surface area (Å²) in [7, 11) is 0. The van der Waals surface area contributed by atoms with Crippen molar-refractivity contribution in [3.8, 4) is 5.75 Å². The number of carbonyl (C=O) groups is 1. The summed E-state index contributed by atoms with van der Waals surface area (Å²) < 4.78 is 5.41. The van der Waals surface area contributed by atoms with E-state index in [1.165, 1.54) is 6.92 Å². The van der Waals surface area contributed by atoms with Crippen LogP contribution in [0.3, 0.4) is 0 Å². The van der Waals surface area contributed by atoms with Crippen LogP contribution in [0.25, 0.3) is 5.57 Å². The van der Waals surface area contributed by atoms with Gasteiger partial charge in [-0.25, -0.2) is 0 Å². The molecule has 0 unspecified atom stereocenters. The van der Waals surface area contributed by atoms with E-state index in [1.807, 2.05) is 19.1 Å². The largest absolute Gasteiger partial charge is 0.504 e. The van der Waals surface area contributed by atoms with Gasteiger partial charge in [0.15, 0.2) is 17.3 Å². The molecule has 0 spiro atoms. The Bertz CT molecular complexity index is 502. The zero-order valence-corrected chi connectivity index (χ0v) is 10.3. The second-order valence-electron chi connectivity index (χ2n) is 3.62. The Labute approximate surface area is 101 Å². The fraction of sp³-hybridized carbons (Fsp3) is 0.214. The van der Waals surface area contributed by atoms with Gasteiger partial charge in [-0.05, 0) is 20.8 Å². The van der Waals surface area contributed by atoms with E-state index in [0.717, 1.165) is 0 Å². The molecule has 0 aliphatic heterocycles. The van der Waals surface area contributed by atoms with Gasteiger partial charge in [-0.1, -0.05) is 30.9 Å². The molecule has 0 saturated carbocycles. The Balaban J connectivity index is 3.37. The van der Waals surface area contributed by atoms with Crippen LogP contribution < -0.4 is 0 Å². The molecule has 3 nitrogen and oxygen atoms in total. The maximum atomic E-state index is 11.3. The summed E-state index contributed by atoms with van der Waals surface area (Å²) in [5, 5.41) is 9.95. The normalized spacial score (nSPS) is 12.1. The average molecular weight is 232 g/mol. The summed E-state index contributed by atoms with van der Waals surface area (Å²) in [6, 6.07) is 0. The number of furan rings is 1. The Morgan fingerprint density at radius 1 is 1.47 bits per heavy atom. The maximum absolute atomic E-state index is 11.3. The highest BCUT2D eigenvalue weighted by Crippen LogP contribution is 2.34. The summed E-state index contributed by atoms with van der Waals surface area (Å²) in [5.74, 6) is 0.356. The molecule has 0 aliphatic carbocycles. The number of hydrogen-bond donors (Lipinski definition) is 1. The SMILES string of the molecule is C=C/C(=C\C=C/C)c1oc(C)c(C(C)=O)c1O. The van der Waals surface area contributed by atoms with E-state index in [4.69, 9.17) is 4.42 Å². The van der Waals surface area contributed by atoms with Gasteiger partial charge in [0.25, 0.3) is 0 Å². The average Bonchev–Trinajstić information content (AvgIpc) is 2.56. The molecule has 0 fully saturated rings. The first-order valence-corrected chi connectivity index (χ1v) is 5.32. The monoisotopic (exact) mass is 232 g/mol. The Hall–Kier alpha value is -2.03. The number of rotatable bonds is 4. The van der Waals surface area contributed by atoms with Crippen molar-refractivity contribution in [2.24, 2.45) is 0 Å². The summed E-state index contributed by atoms with van der Waals surface area (Å²) in [6.07, 6.45) is 6.99. The molecule has 1 aromatic rings. The molecule has 0 bridgehead atoms. The van der Waals surface area contributed by atoms with Gasteiger partial charge in [-0.3, -0.25) is 4.79 Å². The molecule has 0 aliphatic rings. The number of allylic oxidation sites excluding steroid dienone is 5. The number of aromatic hydroxyl groups is 1. The standard InChI is InChI=1S/C14H16O3/c1-5-7-8-11(6-2)14-13(16)12(9(3)15)10(4)17-14/h5-8,16H,2H2,1,3-4H3/b7-5-,11-8+. The second-order valence-corrected chi connectivity index (χ2v) is 3.62. The van der Waals surface area contributed by atoms with E-state index in [2.05, 4.69) is 6.58 Å². The molecule has 0 radical (unpaired) electrons. The Kier molecular flexibility index (Phi) is 4.10. The minimum absolute atomic E-state index is 0.120. The number of aryl methyl sites for hydroxylation is 1. The van der Waals surface area contributed by atoms with Gasteiger partial charge >= 0.3 is 0 Å². The van der Waals surface area contributed by atoms with E-state index in [1.54, 1.807) is 19.1 Å². The van der Waals surface area contributed by atoms with E-state index < -0.39 is 0 Å². The summed E-state index contributed by atoms with van der Waals surface area (Å²) in [4.78, 5) is 11.3. The fourth-order valence-electron chi connectivity index (χ4n) is 1.58. The van der Waals surface area contributed by atoms with Crippen molar-refractivity contribution in [3.05, 3.63) is 48.0 Å². The first kappa shape index (κ1) is 13.0. The number of carbonyl (C=O) groups excluding carboxylic acids is 1. The van der Waals surface area contributed by atoms with Gasteiger partial charge in [0.1, 0.15) is 11.3 Å². The van der Waals surface area contributed by atoms with Crippen LogP contribution in [0.5, 0.6) is 5.75 Å². The Morgan fingerprint density at radius 3 is 2.53 bits per heavy atom. The zero-order valence-electron chi connectivity index (χ0n) is 10.3. The lowest BCUT2D eigenvalue weighted by Gasteiger charge is -1.97. The smallest absolute Gasteiger partial charge is 0.176 e. The summed E-state index contributed by atoms with van der Waals surface area (Å²) >= 11 is 0. The molecule has 17 heavy (non-hydrogen) atoms. The lowest BCUT2D eigenvalue weighted by molar-refractivity contribution is 0.101. The van der Waals surface area contributed by atoms with Crippen LogP contribution >= 0.6 is 0 Å². The molecule has 0 amide bonds. The highest BCUT2D eigenvalue weighted by atomic mass is 16.4. The number of Topliss-reactive ketones (excluding diaryl/α,β-unsaturated/α-hetero) is 1. The molecule has 0 atom stereocenters. The van der Waals surface area contributed by atoms with Gasteiger partial charge in [-0.15, -0.1) is 0 Å². The van der Waals surface area contributed by atoms with Crippen LogP contribution in [0.4, 0.5) is 0 Å². The van der Waals surface area contributed by atoms with Crippen molar-refractivity contribution < 1.29 is 14.3 Å². The molecule has 1 rings (SSSR count). The predicted octanol–water partition coefficient (Wildman–Crippen LogP) is 3.64. The van der Waals surface area contributed by atoms with Gasteiger partial charge in [-0.2, -0.15) is 0 Å². The van der Waals surface area contributed by atoms with E-state index >= 15 is 0 Å². The van der Waals surface area contributed by atoms with Crippen LogP contribution in [-0.2, 0) is 0 Å². The van der Waals surface area contributed by atoms with Crippen molar-refractivity contribution in [3.63, 3.8) is 0 Å². The third kappa shape index (κ3) is 2.56. The van der Waals surface area contributed by atoms with Crippen molar-refractivity contribution in [1.29, 1.82) is 0 Å². The lowest BCUT2D eigenvalue weighted by atomic mass is 10.1. The number of ketones is 1. The minimum Gasteiger partial charge on any atom is -0.504 e. The van der Waals surface area contributed by atoms with Crippen LogP contribution in [0.2, 0.25) is 0 Å². The van der Waals surface area contributed by atoms with Crippen molar-refractivity contribution in [1.82, 2.24) is 0 Å². The predicted molar refractivity (Wildman–Crippen MR) is 68.1 cm³/mol. The molecular weight excluding hydrogens is 216 g/mol. The zero-order chi connectivity index (χ0) is 13.0. The quantitative estimate of drug-likeness (QED) is 0.637. The summed E-state index contributed by atoms with van der Waals surface area (Å²) in [5.41, 5.74) is 0.865. The second kappa shape index (κ2) is 5.34. The van der Waals surface area contributed by atoms with E-state index in [9.17, 15) is 9.90 Å². The third-order valence-electron chi connectivity index (χ3n) is 2.36. The topological polar surface area (TPSA) is 50.4 Å².